The molecule has 0 saturated heterocycles. The molecule has 0 bridgehead atoms. The summed E-state index contributed by atoms with van der Waals surface area (Å²) in [7, 11) is 0. The van der Waals surface area contributed by atoms with Crippen LogP contribution in [0.2, 0.25) is 0 Å². The normalized spacial score (nSPS) is 12.5. The molecule has 0 unspecified atom stereocenters. The lowest BCUT2D eigenvalue weighted by Crippen LogP contribution is -2.50. The number of carbonyl (C=O) groups is 4. The zero-order valence-corrected chi connectivity index (χ0v) is 32.8. The smallest absolute Gasteiger partial charge is 0.251 e. The number of unbranched alkanes of at least 4 members (excludes halogenated alkanes) is 18. The van der Waals surface area contributed by atoms with Gasteiger partial charge in [0.15, 0.2) is 0 Å². The van der Waals surface area contributed by atoms with Crippen molar-refractivity contribution in [2.75, 3.05) is 13.1 Å². The molecule has 4 amide bonds. The number of benzene rings is 1. The van der Waals surface area contributed by atoms with Crippen LogP contribution >= 0.6 is 0 Å². The van der Waals surface area contributed by atoms with Crippen molar-refractivity contribution in [1.82, 2.24) is 21.3 Å². The summed E-state index contributed by atoms with van der Waals surface area (Å²) in [5.41, 5.74) is 0.730. The Morgan fingerprint density at radius 3 is 0.960 bits per heavy atom. The summed E-state index contributed by atoms with van der Waals surface area (Å²) in [6.07, 6.45) is 24.7. The van der Waals surface area contributed by atoms with Gasteiger partial charge in [-0.15, -0.1) is 0 Å². The lowest BCUT2D eigenvalue weighted by atomic mass is 10.0. The average Bonchev–Trinajstić information content (AvgIpc) is 3.10. The predicted octanol–water partition coefficient (Wildman–Crippen LogP) is 9.27. The minimum absolute atomic E-state index is 0.0825. The molecule has 2 atom stereocenters. The molecule has 0 aliphatic rings. The number of rotatable bonds is 30. The van der Waals surface area contributed by atoms with Crippen molar-refractivity contribution in [2.45, 2.75) is 182 Å². The quantitative estimate of drug-likeness (QED) is 0.0600. The summed E-state index contributed by atoms with van der Waals surface area (Å²) in [6, 6.07) is 5.02. The molecule has 0 aliphatic heterocycles. The molecule has 1 aromatic rings. The fourth-order valence-corrected chi connectivity index (χ4v) is 6.16. The van der Waals surface area contributed by atoms with Crippen LogP contribution in [-0.2, 0) is 9.59 Å². The Balaban J connectivity index is 2.45. The van der Waals surface area contributed by atoms with Crippen LogP contribution in [0.1, 0.15) is 191 Å². The van der Waals surface area contributed by atoms with Gasteiger partial charge in [-0.05, 0) is 48.9 Å². The SMILES string of the molecule is CCCCCCCCCCCCNC(=O)[C@@H](NC(=O)c1ccc(C(=O)N[C@H](C(=O)NCCCCCCCCCCCC)C(C)C)cc1)C(C)C. The van der Waals surface area contributed by atoms with Crippen molar-refractivity contribution in [3.63, 3.8) is 0 Å². The van der Waals surface area contributed by atoms with Crippen LogP contribution in [-0.4, -0.2) is 48.8 Å². The first-order valence-corrected chi connectivity index (χ1v) is 20.4. The van der Waals surface area contributed by atoms with Crippen LogP contribution in [0.4, 0.5) is 0 Å². The molecular weight excluding hydrogens is 624 g/mol. The standard InChI is InChI=1S/C42H74N4O4/c1-7-9-11-13-15-17-19-21-23-25-31-43-41(49)37(33(3)4)45-39(47)35-27-29-36(30-28-35)40(48)46-38(34(5)6)42(50)44-32-26-24-22-20-18-16-14-12-10-8-2/h27-30,33-34,37-38H,7-26,31-32H2,1-6H3,(H,43,49)(H,44,50)(H,45,47)(H,46,48)/t37-,38-/m0/s1. The molecule has 1 rings (SSSR count). The van der Waals surface area contributed by atoms with E-state index in [9.17, 15) is 19.2 Å². The van der Waals surface area contributed by atoms with Gasteiger partial charge in [-0.25, -0.2) is 0 Å². The van der Waals surface area contributed by atoms with Gasteiger partial charge in [0.2, 0.25) is 11.8 Å². The average molecular weight is 699 g/mol. The van der Waals surface area contributed by atoms with Gasteiger partial charge in [-0.3, -0.25) is 19.2 Å². The van der Waals surface area contributed by atoms with E-state index in [1.165, 1.54) is 103 Å². The number of amides is 4. The monoisotopic (exact) mass is 699 g/mol. The highest BCUT2D eigenvalue weighted by molar-refractivity contribution is 6.00. The molecule has 50 heavy (non-hydrogen) atoms. The summed E-state index contributed by atoms with van der Waals surface area (Å²) < 4.78 is 0. The van der Waals surface area contributed by atoms with E-state index in [2.05, 4.69) is 35.1 Å². The van der Waals surface area contributed by atoms with Gasteiger partial charge < -0.3 is 21.3 Å². The van der Waals surface area contributed by atoms with E-state index >= 15 is 0 Å². The molecule has 0 heterocycles. The van der Waals surface area contributed by atoms with Gasteiger partial charge in [0.25, 0.3) is 11.8 Å². The largest absolute Gasteiger partial charge is 0.354 e. The van der Waals surface area contributed by atoms with Crippen molar-refractivity contribution in [3.05, 3.63) is 35.4 Å². The van der Waals surface area contributed by atoms with Gasteiger partial charge in [0.1, 0.15) is 12.1 Å². The second kappa shape index (κ2) is 28.8. The third kappa shape index (κ3) is 20.7. The van der Waals surface area contributed by atoms with Crippen LogP contribution < -0.4 is 21.3 Å². The summed E-state index contributed by atoms with van der Waals surface area (Å²) in [5.74, 6) is -1.24. The highest BCUT2D eigenvalue weighted by atomic mass is 16.2. The van der Waals surface area contributed by atoms with Crippen molar-refractivity contribution in [3.8, 4) is 0 Å². The Labute approximate surface area is 305 Å². The first-order chi connectivity index (χ1) is 24.1. The molecule has 0 saturated carbocycles. The summed E-state index contributed by atoms with van der Waals surface area (Å²) >= 11 is 0. The van der Waals surface area contributed by atoms with E-state index in [0.29, 0.717) is 24.2 Å². The molecule has 0 spiro atoms. The van der Waals surface area contributed by atoms with E-state index in [-0.39, 0.29) is 35.5 Å². The Hall–Kier alpha value is -2.90. The molecule has 8 nitrogen and oxygen atoms in total. The fraction of sp³-hybridized carbons (Fsp3) is 0.762. The lowest BCUT2D eigenvalue weighted by Gasteiger charge is -2.22. The van der Waals surface area contributed by atoms with E-state index in [4.69, 9.17) is 0 Å². The maximum Gasteiger partial charge on any atom is 0.251 e. The molecule has 1 aromatic carbocycles. The van der Waals surface area contributed by atoms with E-state index in [0.717, 1.165) is 25.7 Å². The second-order valence-electron chi connectivity index (χ2n) is 14.9. The zero-order chi connectivity index (χ0) is 37.0. The Morgan fingerprint density at radius 1 is 0.440 bits per heavy atom. The predicted molar refractivity (Wildman–Crippen MR) is 208 cm³/mol. The highest BCUT2D eigenvalue weighted by Crippen LogP contribution is 2.13. The molecule has 286 valence electrons. The van der Waals surface area contributed by atoms with Crippen LogP contribution in [0.5, 0.6) is 0 Å². The Kier molecular flexibility index (Phi) is 26.0. The number of carbonyl (C=O) groups excluding carboxylic acids is 4. The van der Waals surface area contributed by atoms with Crippen LogP contribution in [0, 0.1) is 11.8 Å². The van der Waals surface area contributed by atoms with E-state index < -0.39 is 12.1 Å². The number of hydrogen-bond donors (Lipinski definition) is 4. The summed E-state index contributed by atoms with van der Waals surface area (Å²) in [4.78, 5) is 52.0. The molecule has 8 heteroatoms. The van der Waals surface area contributed by atoms with Crippen molar-refractivity contribution < 1.29 is 19.2 Å². The second-order valence-corrected chi connectivity index (χ2v) is 14.9. The molecule has 0 fully saturated rings. The van der Waals surface area contributed by atoms with Gasteiger partial charge >= 0.3 is 0 Å². The van der Waals surface area contributed by atoms with Crippen molar-refractivity contribution in [2.24, 2.45) is 11.8 Å². The third-order valence-corrected chi connectivity index (χ3v) is 9.54. The van der Waals surface area contributed by atoms with Crippen LogP contribution in [0.25, 0.3) is 0 Å². The first-order valence-electron chi connectivity index (χ1n) is 20.4. The minimum Gasteiger partial charge on any atom is -0.354 e. The topological polar surface area (TPSA) is 116 Å². The molecular formula is C42H74N4O4. The van der Waals surface area contributed by atoms with Gasteiger partial charge in [-0.1, -0.05) is 157 Å². The van der Waals surface area contributed by atoms with Crippen molar-refractivity contribution in [1.29, 1.82) is 0 Å². The van der Waals surface area contributed by atoms with Gasteiger partial charge in [0.05, 0.1) is 0 Å². The van der Waals surface area contributed by atoms with Gasteiger partial charge in [-0.2, -0.15) is 0 Å². The van der Waals surface area contributed by atoms with Crippen molar-refractivity contribution >= 4 is 23.6 Å². The number of nitrogens with one attached hydrogen (secondary N) is 4. The maximum absolute atomic E-state index is 13.1. The Morgan fingerprint density at radius 2 is 0.700 bits per heavy atom. The van der Waals surface area contributed by atoms with Gasteiger partial charge in [0, 0.05) is 24.2 Å². The molecule has 0 aromatic heterocycles. The molecule has 4 N–H and O–H groups in total. The lowest BCUT2D eigenvalue weighted by molar-refractivity contribution is -0.124. The third-order valence-electron chi connectivity index (χ3n) is 9.54. The summed E-state index contributed by atoms with van der Waals surface area (Å²) in [5, 5.41) is 11.8. The first kappa shape index (κ1) is 45.1. The summed E-state index contributed by atoms with van der Waals surface area (Å²) in [6.45, 7) is 13.3. The Bertz CT molecular complexity index is 973. The maximum atomic E-state index is 13.1. The fourth-order valence-electron chi connectivity index (χ4n) is 6.16. The van der Waals surface area contributed by atoms with Crippen LogP contribution in [0.15, 0.2) is 24.3 Å². The van der Waals surface area contributed by atoms with Crippen LogP contribution in [0.3, 0.4) is 0 Å². The van der Waals surface area contributed by atoms with E-state index in [1.54, 1.807) is 24.3 Å². The molecule has 0 aliphatic carbocycles. The minimum atomic E-state index is -0.653. The van der Waals surface area contributed by atoms with E-state index in [1.807, 2.05) is 27.7 Å². The highest BCUT2D eigenvalue weighted by Gasteiger charge is 2.26. The zero-order valence-electron chi connectivity index (χ0n) is 32.8. The molecule has 0 radical (unpaired) electrons. The number of hydrogen-bond acceptors (Lipinski definition) is 4.